The van der Waals surface area contributed by atoms with Gasteiger partial charge in [0.1, 0.15) is 0 Å². The fraction of sp³-hybridized carbons (Fsp3) is 0.333. The van der Waals surface area contributed by atoms with Gasteiger partial charge in [-0.05, 0) is 48.7 Å². The van der Waals surface area contributed by atoms with E-state index in [1.165, 1.54) is 7.11 Å². The van der Waals surface area contributed by atoms with Crippen LogP contribution in [0.25, 0.3) is 0 Å². The second kappa shape index (κ2) is 7.70. The van der Waals surface area contributed by atoms with Gasteiger partial charge in [0.25, 0.3) is 5.91 Å². The molecule has 6 nitrogen and oxygen atoms in total. The molecule has 2 aromatic carbocycles. The van der Waals surface area contributed by atoms with E-state index in [-0.39, 0.29) is 11.8 Å². The predicted octanol–water partition coefficient (Wildman–Crippen LogP) is 3.25. The highest BCUT2D eigenvalue weighted by atomic mass is 16.5. The fourth-order valence-corrected chi connectivity index (χ4v) is 3.73. The Morgan fingerprint density at radius 2 is 1.70 bits per heavy atom. The lowest BCUT2D eigenvalue weighted by atomic mass is 9.78. The van der Waals surface area contributed by atoms with Crippen LogP contribution in [0.15, 0.2) is 42.5 Å². The maximum atomic E-state index is 12.6. The molecule has 2 aromatic rings. The Morgan fingerprint density at radius 3 is 2.33 bits per heavy atom. The molecule has 0 aliphatic heterocycles. The number of amides is 2. The van der Waals surface area contributed by atoms with Crippen molar-refractivity contribution in [1.82, 2.24) is 0 Å². The summed E-state index contributed by atoms with van der Waals surface area (Å²) in [4.78, 5) is 24.7. The van der Waals surface area contributed by atoms with Crippen molar-refractivity contribution in [2.75, 3.05) is 19.5 Å². The van der Waals surface area contributed by atoms with Crippen LogP contribution in [-0.2, 0) is 10.2 Å². The van der Waals surface area contributed by atoms with Crippen LogP contribution in [-0.4, -0.2) is 26.0 Å². The van der Waals surface area contributed by atoms with Gasteiger partial charge in [-0.25, -0.2) is 0 Å². The van der Waals surface area contributed by atoms with Crippen molar-refractivity contribution < 1.29 is 19.1 Å². The van der Waals surface area contributed by atoms with Gasteiger partial charge in [-0.2, -0.15) is 0 Å². The highest BCUT2D eigenvalue weighted by molar-refractivity contribution is 6.04. The molecule has 6 heteroatoms. The Bertz CT molecular complexity index is 857. The molecule has 0 saturated heterocycles. The molecule has 3 N–H and O–H groups in total. The third-order valence-electron chi connectivity index (χ3n) is 5.25. The van der Waals surface area contributed by atoms with E-state index in [0.29, 0.717) is 22.7 Å². The zero-order valence-corrected chi connectivity index (χ0v) is 15.6. The second-order valence-corrected chi connectivity index (χ2v) is 6.76. The van der Waals surface area contributed by atoms with E-state index >= 15 is 0 Å². The number of carbonyl (C=O) groups excluding carboxylic acids is 2. The first-order valence-electron chi connectivity index (χ1n) is 8.94. The standard InChI is InChI=1S/C21H24N2O4/c1-26-17-9-8-14(12-18(17)27-2)19(24)23-16-7-5-6-15(13-16)21(20(22)25)10-3-4-11-21/h5-9,12-13H,3-4,10-11H2,1-2H3,(H2,22,25)(H,23,24). The van der Waals surface area contributed by atoms with Crippen LogP contribution >= 0.6 is 0 Å². The molecule has 0 unspecified atom stereocenters. The van der Waals surface area contributed by atoms with Crippen molar-refractivity contribution in [1.29, 1.82) is 0 Å². The number of methoxy groups -OCH3 is 2. The van der Waals surface area contributed by atoms with Gasteiger partial charge in [-0.15, -0.1) is 0 Å². The number of primary amides is 1. The molecular formula is C21H24N2O4. The van der Waals surface area contributed by atoms with Gasteiger partial charge >= 0.3 is 0 Å². The molecule has 2 amide bonds. The van der Waals surface area contributed by atoms with E-state index in [9.17, 15) is 9.59 Å². The van der Waals surface area contributed by atoms with E-state index in [4.69, 9.17) is 15.2 Å². The Morgan fingerprint density at radius 1 is 1.00 bits per heavy atom. The molecule has 3 rings (SSSR count). The number of benzene rings is 2. The van der Waals surface area contributed by atoms with E-state index < -0.39 is 5.41 Å². The first-order chi connectivity index (χ1) is 13.0. The number of hydrogen-bond donors (Lipinski definition) is 2. The first kappa shape index (κ1) is 18.8. The second-order valence-electron chi connectivity index (χ2n) is 6.76. The maximum Gasteiger partial charge on any atom is 0.255 e. The van der Waals surface area contributed by atoms with Gasteiger partial charge < -0.3 is 20.5 Å². The van der Waals surface area contributed by atoms with Crippen LogP contribution in [0.5, 0.6) is 11.5 Å². The van der Waals surface area contributed by atoms with Gasteiger partial charge in [0.15, 0.2) is 11.5 Å². The number of hydrogen-bond acceptors (Lipinski definition) is 4. The molecular weight excluding hydrogens is 344 g/mol. The van der Waals surface area contributed by atoms with Gasteiger partial charge in [0.05, 0.1) is 19.6 Å². The zero-order valence-electron chi connectivity index (χ0n) is 15.6. The van der Waals surface area contributed by atoms with Gasteiger partial charge in [0, 0.05) is 11.3 Å². The molecule has 27 heavy (non-hydrogen) atoms. The molecule has 1 aliphatic rings. The summed E-state index contributed by atoms with van der Waals surface area (Å²) in [7, 11) is 3.06. The van der Waals surface area contributed by atoms with Crippen LogP contribution < -0.4 is 20.5 Å². The molecule has 1 saturated carbocycles. The molecule has 0 spiro atoms. The number of anilines is 1. The predicted molar refractivity (Wildman–Crippen MR) is 103 cm³/mol. The van der Waals surface area contributed by atoms with E-state index in [0.717, 1.165) is 31.2 Å². The van der Waals surface area contributed by atoms with Crippen molar-refractivity contribution in [3.63, 3.8) is 0 Å². The minimum Gasteiger partial charge on any atom is -0.493 e. The van der Waals surface area contributed by atoms with Gasteiger partial charge in [0.2, 0.25) is 5.91 Å². The lowest BCUT2D eigenvalue weighted by Gasteiger charge is -2.26. The van der Waals surface area contributed by atoms with Crippen LogP contribution in [0.4, 0.5) is 5.69 Å². The summed E-state index contributed by atoms with van der Waals surface area (Å²) in [5, 5.41) is 2.88. The van der Waals surface area contributed by atoms with Crippen molar-refractivity contribution in [2.24, 2.45) is 5.73 Å². The third kappa shape index (κ3) is 3.60. The fourth-order valence-electron chi connectivity index (χ4n) is 3.73. The molecule has 1 fully saturated rings. The summed E-state index contributed by atoms with van der Waals surface area (Å²) in [6, 6.07) is 12.4. The summed E-state index contributed by atoms with van der Waals surface area (Å²) in [5.74, 6) is 0.467. The zero-order chi connectivity index (χ0) is 19.4. The number of nitrogens with two attached hydrogens (primary N) is 1. The number of nitrogens with one attached hydrogen (secondary N) is 1. The molecule has 0 aromatic heterocycles. The van der Waals surface area contributed by atoms with E-state index in [2.05, 4.69) is 5.32 Å². The number of carbonyl (C=O) groups is 2. The number of ether oxygens (including phenoxy) is 2. The Labute approximate surface area is 158 Å². The minimum atomic E-state index is -0.635. The molecule has 0 atom stereocenters. The quantitative estimate of drug-likeness (QED) is 0.819. The summed E-state index contributed by atoms with van der Waals surface area (Å²) >= 11 is 0. The summed E-state index contributed by atoms with van der Waals surface area (Å²) in [6.07, 6.45) is 3.45. The van der Waals surface area contributed by atoms with Crippen molar-refractivity contribution >= 4 is 17.5 Å². The van der Waals surface area contributed by atoms with Crippen LogP contribution in [0.3, 0.4) is 0 Å². The average Bonchev–Trinajstić information content (AvgIpc) is 3.19. The molecule has 0 bridgehead atoms. The van der Waals surface area contributed by atoms with Gasteiger partial charge in [-0.1, -0.05) is 25.0 Å². The summed E-state index contributed by atoms with van der Waals surface area (Å²) in [6.45, 7) is 0. The maximum absolute atomic E-state index is 12.6. The molecule has 0 radical (unpaired) electrons. The first-order valence-corrected chi connectivity index (χ1v) is 8.94. The van der Waals surface area contributed by atoms with E-state index in [1.54, 1.807) is 31.4 Å². The smallest absolute Gasteiger partial charge is 0.255 e. The largest absolute Gasteiger partial charge is 0.493 e. The summed E-state index contributed by atoms with van der Waals surface area (Å²) in [5.41, 5.74) is 7.01. The topological polar surface area (TPSA) is 90.6 Å². The number of rotatable bonds is 6. The monoisotopic (exact) mass is 368 g/mol. The Hall–Kier alpha value is -3.02. The van der Waals surface area contributed by atoms with Crippen molar-refractivity contribution in [3.05, 3.63) is 53.6 Å². The van der Waals surface area contributed by atoms with Crippen molar-refractivity contribution in [3.8, 4) is 11.5 Å². The molecule has 0 heterocycles. The highest BCUT2D eigenvalue weighted by Gasteiger charge is 2.41. The van der Waals surface area contributed by atoms with Crippen molar-refractivity contribution in [2.45, 2.75) is 31.1 Å². The summed E-state index contributed by atoms with van der Waals surface area (Å²) < 4.78 is 10.4. The molecule has 142 valence electrons. The lowest BCUT2D eigenvalue weighted by molar-refractivity contribution is -0.123. The third-order valence-corrected chi connectivity index (χ3v) is 5.25. The van der Waals surface area contributed by atoms with Crippen LogP contribution in [0.2, 0.25) is 0 Å². The van der Waals surface area contributed by atoms with E-state index in [1.807, 2.05) is 18.2 Å². The Kier molecular flexibility index (Phi) is 5.35. The minimum absolute atomic E-state index is 0.271. The van der Waals surface area contributed by atoms with Gasteiger partial charge in [-0.3, -0.25) is 9.59 Å². The average molecular weight is 368 g/mol. The highest BCUT2D eigenvalue weighted by Crippen LogP contribution is 2.41. The SMILES string of the molecule is COc1ccc(C(=O)Nc2cccc(C3(C(N)=O)CCCC3)c2)cc1OC. The Balaban J connectivity index is 1.84. The molecule has 1 aliphatic carbocycles. The normalized spacial score (nSPS) is 15.2. The van der Waals surface area contributed by atoms with Crippen LogP contribution in [0.1, 0.15) is 41.6 Å². The van der Waals surface area contributed by atoms with Crippen LogP contribution in [0, 0.1) is 0 Å². The lowest BCUT2D eigenvalue weighted by Crippen LogP contribution is -2.38.